The Balaban J connectivity index is 2.19. The molecule has 0 aromatic heterocycles. The van der Waals surface area contributed by atoms with Gasteiger partial charge in [-0.25, -0.2) is 4.79 Å². The summed E-state index contributed by atoms with van der Waals surface area (Å²) in [5.41, 5.74) is 0.643. The zero-order valence-corrected chi connectivity index (χ0v) is 14.1. The number of phenolic OH excluding ortho intramolecular Hbond substituents is 1. The Kier molecular flexibility index (Phi) is 6.03. The number of benzene rings is 2. The number of esters is 1. The van der Waals surface area contributed by atoms with Crippen molar-refractivity contribution in [3.63, 3.8) is 0 Å². The standard InChI is InChI=1S/C18H18O8/c1-24-14-9-11(4-5-12(14)19)17(22)18(23)26-13-6-3-10(8-16(20)21)7-15(13)25-2/h3-7,9,17,19,22H,8H2,1-2H3,(H,20,21). The lowest BCUT2D eigenvalue weighted by molar-refractivity contribution is -0.144. The minimum atomic E-state index is -1.62. The number of rotatable bonds is 7. The molecule has 0 radical (unpaired) electrons. The van der Waals surface area contributed by atoms with E-state index in [9.17, 15) is 19.8 Å². The summed E-state index contributed by atoms with van der Waals surface area (Å²) >= 11 is 0. The second-order valence-electron chi connectivity index (χ2n) is 5.31. The van der Waals surface area contributed by atoms with Crippen molar-refractivity contribution in [3.8, 4) is 23.0 Å². The fourth-order valence-corrected chi connectivity index (χ4v) is 2.25. The zero-order chi connectivity index (χ0) is 19.3. The molecular weight excluding hydrogens is 344 g/mol. The first kappa shape index (κ1) is 19.1. The predicted octanol–water partition coefficient (Wildman–Crippen LogP) is 1.68. The van der Waals surface area contributed by atoms with E-state index >= 15 is 0 Å². The summed E-state index contributed by atoms with van der Waals surface area (Å²) in [5.74, 6) is -1.81. The number of hydrogen-bond donors (Lipinski definition) is 3. The predicted molar refractivity (Wildman–Crippen MR) is 89.6 cm³/mol. The highest BCUT2D eigenvalue weighted by Crippen LogP contribution is 2.32. The number of aliphatic hydroxyl groups is 1. The van der Waals surface area contributed by atoms with E-state index in [1.807, 2.05) is 0 Å². The van der Waals surface area contributed by atoms with E-state index in [4.69, 9.17) is 19.3 Å². The van der Waals surface area contributed by atoms with Crippen LogP contribution in [-0.2, 0) is 16.0 Å². The summed E-state index contributed by atoms with van der Waals surface area (Å²) in [4.78, 5) is 23.0. The van der Waals surface area contributed by atoms with Crippen molar-refractivity contribution in [1.29, 1.82) is 0 Å². The van der Waals surface area contributed by atoms with E-state index in [0.717, 1.165) is 0 Å². The average molecular weight is 362 g/mol. The molecule has 1 atom stereocenters. The molecule has 2 aromatic rings. The van der Waals surface area contributed by atoms with Crippen LogP contribution in [0.2, 0.25) is 0 Å². The Morgan fingerprint density at radius 1 is 1.00 bits per heavy atom. The van der Waals surface area contributed by atoms with Crippen molar-refractivity contribution in [3.05, 3.63) is 47.5 Å². The van der Waals surface area contributed by atoms with E-state index < -0.39 is 18.0 Å². The molecule has 0 saturated carbocycles. The van der Waals surface area contributed by atoms with Gasteiger partial charge in [-0.1, -0.05) is 12.1 Å². The number of aliphatic hydroxyl groups excluding tert-OH is 1. The van der Waals surface area contributed by atoms with Crippen LogP contribution in [0.3, 0.4) is 0 Å². The molecule has 0 bridgehead atoms. The van der Waals surface area contributed by atoms with Gasteiger partial charge >= 0.3 is 11.9 Å². The van der Waals surface area contributed by atoms with Crippen LogP contribution in [-0.4, -0.2) is 41.5 Å². The maximum absolute atomic E-state index is 12.2. The van der Waals surface area contributed by atoms with Crippen LogP contribution in [0.15, 0.2) is 36.4 Å². The van der Waals surface area contributed by atoms with Gasteiger partial charge in [0.2, 0.25) is 0 Å². The molecule has 8 nitrogen and oxygen atoms in total. The Labute approximate surface area is 149 Å². The lowest BCUT2D eigenvalue weighted by atomic mass is 10.1. The maximum atomic E-state index is 12.2. The monoisotopic (exact) mass is 362 g/mol. The topological polar surface area (TPSA) is 123 Å². The van der Waals surface area contributed by atoms with E-state index in [-0.39, 0.29) is 35.0 Å². The van der Waals surface area contributed by atoms with Crippen molar-refractivity contribution >= 4 is 11.9 Å². The number of carboxylic acid groups (broad SMARTS) is 1. The minimum absolute atomic E-state index is 0.0384. The summed E-state index contributed by atoms with van der Waals surface area (Å²) in [6.45, 7) is 0. The van der Waals surface area contributed by atoms with Crippen molar-refractivity contribution in [2.45, 2.75) is 12.5 Å². The SMILES string of the molecule is COc1cc(C(O)C(=O)Oc2ccc(CC(=O)O)cc2OC)ccc1O. The maximum Gasteiger partial charge on any atom is 0.345 e. The number of carbonyl (C=O) groups is 2. The molecule has 0 aliphatic carbocycles. The highest BCUT2D eigenvalue weighted by Gasteiger charge is 2.23. The molecule has 0 heterocycles. The van der Waals surface area contributed by atoms with Gasteiger partial charge in [0.15, 0.2) is 29.1 Å². The van der Waals surface area contributed by atoms with E-state index in [1.54, 1.807) is 0 Å². The van der Waals surface area contributed by atoms with Crippen LogP contribution in [0.5, 0.6) is 23.0 Å². The molecule has 2 aromatic carbocycles. The van der Waals surface area contributed by atoms with Crippen LogP contribution >= 0.6 is 0 Å². The largest absolute Gasteiger partial charge is 0.504 e. The van der Waals surface area contributed by atoms with Gasteiger partial charge in [-0.2, -0.15) is 0 Å². The second kappa shape index (κ2) is 8.21. The molecule has 0 amide bonds. The number of carboxylic acids is 1. The Hall–Kier alpha value is -3.26. The number of ether oxygens (including phenoxy) is 3. The van der Waals surface area contributed by atoms with Gasteiger partial charge in [0.05, 0.1) is 20.6 Å². The van der Waals surface area contributed by atoms with Gasteiger partial charge in [0.1, 0.15) is 0 Å². The van der Waals surface area contributed by atoms with Crippen molar-refractivity contribution in [2.75, 3.05) is 14.2 Å². The van der Waals surface area contributed by atoms with Gasteiger partial charge in [-0.15, -0.1) is 0 Å². The fraction of sp³-hybridized carbons (Fsp3) is 0.222. The van der Waals surface area contributed by atoms with Gasteiger partial charge in [-0.3, -0.25) is 4.79 Å². The number of hydrogen-bond acceptors (Lipinski definition) is 7. The van der Waals surface area contributed by atoms with Gasteiger partial charge in [0, 0.05) is 0 Å². The van der Waals surface area contributed by atoms with Crippen LogP contribution < -0.4 is 14.2 Å². The minimum Gasteiger partial charge on any atom is -0.504 e. The van der Waals surface area contributed by atoms with Gasteiger partial charge < -0.3 is 29.5 Å². The van der Waals surface area contributed by atoms with E-state index in [0.29, 0.717) is 5.56 Å². The van der Waals surface area contributed by atoms with E-state index in [1.165, 1.54) is 50.6 Å². The number of methoxy groups -OCH3 is 2. The van der Waals surface area contributed by atoms with Crippen LogP contribution in [0.25, 0.3) is 0 Å². The molecule has 3 N–H and O–H groups in total. The van der Waals surface area contributed by atoms with Crippen molar-refractivity contribution < 1.29 is 39.1 Å². The third-order valence-electron chi connectivity index (χ3n) is 3.54. The number of aliphatic carboxylic acids is 1. The number of aromatic hydroxyl groups is 1. The molecule has 0 saturated heterocycles. The lowest BCUT2D eigenvalue weighted by Gasteiger charge is -2.14. The molecule has 0 fully saturated rings. The summed E-state index contributed by atoms with van der Waals surface area (Å²) < 4.78 is 15.2. The van der Waals surface area contributed by atoms with Crippen LogP contribution in [0, 0.1) is 0 Å². The molecule has 0 aliphatic heterocycles. The average Bonchev–Trinajstić information content (AvgIpc) is 2.62. The Morgan fingerprint density at radius 2 is 1.69 bits per heavy atom. The highest BCUT2D eigenvalue weighted by atomic mass is 16.6. The van der Waals surface area contributed by atoms with Crippen molar-refractivity contribution in [2.24, 2.45) is 0 Å². The van der Waals surface area contributed by atoms with Crippen LogP contribution in [0.4, 0.5) is 0 Å². The smallest absolute Gasteiger partial charge is 0.345 e. The first-order valence-corrected chi connectivity index (χ1v) is 7.51. The third kappa shape index (κ3) is 4.42. The molecule has 8 heteroatoms. The first-order chi connectivity index (χ1) is 12.3. The highest BCUT2D eigenvalue weighted by molar-refractivity contribution is 5.79. The normalized spacial score (nSPS) is 11.5. The molecule has 2 rings (SSSR count). The molecule has 26 heavy (non-hydrogen) atoms. The summed E-state index contributed by atoms with van der Waals surface area (Å²) in [6.07, 6.45) is -1.83. The molecule has 1 unspecified atom stereocenters. The summed E-state index contributed by atoms with van der Waals surface area (Å²) in [7, 11) is 2.69. The second-order valence-corrected chi connectivity index (χ2v) is 5.31. The zero-order valence-electron chi connectivity index (χ0n) is 14.1. The molecule has 0 spiro atoms. The quantitative estimate of drug-likeness (QED) is 0.502. The van der Waals surface area contributed by atoms with Crippen molar-refractivity contribution in [1.82, 2.24) is 0 Å². The van der Waals surface area contributed by atoms with Gasteiger partial charge in [0.25, 0.3) is 0 Å². The molecule has 0 aliphatic rings. The summed E-state index contributed by atoms with van der Waals surface area (Å²) in [6, 6.07) is 8.26. The first-order valence-electron chi connectivity index (χ1n) is 7.51. The fourth-order valence-electron chi connectivity index (χ4n) is 2.25. The Morgan fingerprint density at radius 3 is 2.31 bits per heavy atom. The Bertz CT molecular complexity index is 815. The number of phenols is 1. The summed E-state index contributed by atoms with van der Waals surface area (Å²) in [5, 5.41) is 28.6. The van der Waals surface area contributed by atoms with Crippen LogP contribution in [0.1, 0.15) is 17.2 Å². The molecule has 138 valence electrons. The molecular formula is C18H18O8. The van der Waals surface area contributed by atoms with Gasteiger partial charge in [-0.05, 0) is 35.4 Å². The van der Waals surface area contributed by atoms with E-state index in [2.05, 4.69) is 0 Å². The number of carbonyl (C=O) groups excluding carboxylic acids is 1. The lowest BCUT2D eigenvalue weighted by Crippen LogP contribution is -2.18. The third-order valence-corrected chi connectivity index (χ3v) is 3.54.